The van der Waals surface area contributed by atoms with Crippen molar-refractivity contribution in [3.8, 4) is 0 Å². The Bertz CT molecular complexity index is 780. The Morgan fingerprint density at radius 1 is 0.490 bits per heavy atom. The maximum Gasteiger partial charge on any atom is 0.474 e. The largest absolute Gasteiger partial charge is 0.474 e. The van der Waals surface area contributed by atoms with Crippen molar-refractivity contribution in [1.82, 2.24) is 0 Å². The van der Waals surface area contributed by atoms with E-state index in [4.69, 9.17) is 13.6 Å². The van der Waals surface area contributed by atoms with Gasteiger partial charge in [-0.3, -0.25) is 13.6 Å². The van der Waals surface area contributed by atoms with Gasteiger partial charge in [0.25, 0.3) is 0 Å². The fourth-order valence-electron chi connectivity index (χ4n) is 6.37. The molecule has 49 heavy (non-hydrogen) atoms. The highest BCUT2D eigenvalue weighted by molar-refractivity contribution is 7.48. The molecule has 0 rings (SSSR count). The Labute approximate surface area is 308 Å². The van der Waals surface area contributed by atoms with Crippen molar-refractivity contribution in [2.75, 3.05) is 47.5 Å². The molecule has 4 atom stereocenters. The molecule has 0 saturated heterocycles. The summed E-state index contributed by atoms with van der Waals surface area (Å²) in [6.45, 7) is 16.1. The molecule has 0 aromatic heterocycles. The molecule has 0 N–H and O–H groups in total. The lowest BCUT2D eigenvalue weighted by Crippen LogP contribution is -2.37. The average molecular weight is 715 g/mol. The quantitative estimate of drug-likeness (QED) is 0.0278. The molecule has 0 aliphatic carbocycles. The summed E-state index contributed by atoms with van der Waals surface area (Å²) in [5.74, 6) is 3.05. The molecular weight excluding hydrogens is 625 g/mol. The van der Waals surface area contributed by atoms with Crippen LogP contribution in [-0.4, -0.2) is 52.0 Å². The SMILES string of the molecule is CCCCCCCC/C=C\CCCCCCCCOP(=O)(OCCC(C)CCCC(C)CCCC(C)CCCC(C)C)OCC[N+](C)(C)C. The normalized spacial score (nSPS) is 15.6. The summed E-state index contributed by atoms with van der Waals surface area (Å²) in [4.78, 5) is 0. The van der Waals surface area contributed by atoms with Crippen LogP contribution in [0, 0.1) is 23.7 Å². The van der Waals surface area contributed by atoms with Gasteiger partial charge < -0.3 is 4.48 Å². The second-order valence-corrected chi connectivity index (χ2v) is 18.9. The molecule has 0 bridgehead atoms. The molecular formula is C43H89NO4P+. The van der Waals surface area contributed by atoms with Gasteiger partial charge in [0, 0.05) is 0 Å². The first-order chi connectivity index (χ1) is 23.4. The van der Waals surface area contributed by atoms with E-state index in [1.807, 2.05) is 0 Å². The van der Waals surface area contributed by atoms with Gasteiger partial charge in [0.15, 0.2) is 0 Å². The standard InChI is InChI=1S/C43H89NO4P/c1-10-11-12-13-14-15-16-17-18-19-20-21-22-23-24-25-37-46-49(45,48-39-36-44(7,8)9)47-38-35-43(6)34-28-33-42(5)32-27-31-41(4)30-26-29-40(2)3/h17-18,40-43H,10-16,19-39H2,1-9H3/q+1/b18-17-. The predicted octanol–water partition coefficient (Wildman–Crippen LogP) is 14.4. The van der Waals surface area contributed by atoms with Crippen LogP contribution in [0.1, 0.15) is 196 Å². The summed E-state index contributed by atoms with van der Waals surface area (Å²) in [6.07, 6.45) is 35.4. The number of unbranched alkanes of at least 4 members (excludes halogenated alkanes) is 12. The van der Waals surface area contributed by atoms with Crippen LogP contribution in [-0.2, 0) is 18.1 Å². The van der Waals surface area contributed by atoms with Crippen molar-refractivity contribution < 1.29 is 22.6 Å². The first-order valence-corrected chi connectivity index (χ1v) is 22.8. The molecule has 0 aliphatic heterocycles. The lowest BCUT2D eigenvalue weighted by molar-refractivity contribution is -0.870. The average Bonchev–Trinajstić information content (AvgIpc) is 3.01. The lowest BCUT2D eigenvalue weighted by Gasteiger charge is -2.25. The molecule has 0 aromatic carbocycles. The summed E-state index contributed by atoms with van der Waals surface area (Å²) >= 11 is 0. The van der Waals surface area contributed by atoms with Crippen LogP contribution in [0.2, 0.25) is 0 Å². The van der Waals surface area contributed by atoms with E-state index in [0.717, 1.165) is 48.0 Å². The fraction of sp³-hybridized carbons (Fsp3) is 0.953. The Morgan fingerprint density at radius 2 is 0.898 bits per heavy atom. The van der Waals surface area contributed by atoms with Crippen molar-refractivity contribution >= 4 is 7.82 Å². The number of phosphoric acid groups is 1. The highest BCUT2D eigenvalue weighted by Crippen LogP contribution is 2.50. The smallest absolute Gasteiger partial charge is 0.329 e. The predicted molar refractivity (Wildman–Crippen MR) is 216 cm³/mol. The number of hydrogen-bond acceptors (Lipinski definition) is 4. The molecule has 0 heterocycles. The van der Waals surface area contributed by atoms with Gasteiger partial charge in [-0.05, 0) is 62.2 Å². The van der Waals surface area contributed by atoms with Gasteiger partial charge in [0.1, 0.15) is 13.2 Å². The molecule has 4 unspecified atom stereocenters. The Hall–Kier alpha value is -0.190. The number of likely N-dealkylation sites (N-methyl/N-ethyl adjacent to an activating group) is 1. The van der Waals surface area contributed by atoms with Gasteiger partial charge in [-0.1, -0.05) is 169 Å². The van der Waals surface area contributed by atoms with E-state index in [0.29, 0.717) is 25.7 Å². The summed E-state index contributed by atoms with van der Waals surface area (Å²) in [6, 6.07) is 0. The monoisotopic (exact) mass is 715 g/mol. The summed E-state index contributed by atoms with van der Waals surface area (Å²) < 4.78 is 31.8. The van der Waals surface area contributed by atoms with Crippen LogP contribution >= 0.6 is 7.82 Å². The number of quaternary nitrogens is 1. The van der Waals surface area contributed by atoms with Crippen LogP contribution in [0.15, 0.2) is 12.2 Å². The van der Waals surface area contributed by atoms with E-state index in [1.54, 1.807) is 0 Å². The zero-order chi connectivity index (χ0) is 36.6. The third-order valence-corrected chi connectivity index (χ3v) is 11.5. The maximum atomic E-state index is 13.5. The number of nitrogens with zero attached hydrogens (tertiary/aromatic N) is 1. The second kappa shape index (κ2) is 32.5. The minimum atomic E-state index is -3.54. The van der Waals surface area contributed by atoms with Crippen LogP contribution < -0.4 is 0 Å². The third kappa shape index (κ3) is 36.0. The van der Waals surface area contributed by atoms with Crippen LogP contribution in [0.5, 0.6) is 0 Å². The molecule has 6 heteroatoms. The third-order valence-electron chi connectivity index (χ3n) is 10.0. The van der Waals surface area contributed by atoms with Crippen LogP contribution in [0.25, 0.3) is 0 Å². The summed E-state index contributed by atoms with van der Waals surface area (Å²) in [5, 5.41) is 0. The van der Waals surface area contributed by atoms with Gasteiger partial charge in [-0.25, -0.2) is 4.57 Å². The first kappa shape index (κ1) is 48.8. The minimum absolute atomic E-state index is 0.373. The maximum absolute atomic E-state index is 13.5. The number of rotatable bonds is 37. The molecule has 0 radical (unpaired) electrons. The van der Waals surface area contributed by atoms with E-state index in [2.05, 4.69) is 74.8 Å². The topological polar surface area (TPSA) is 44.8 Å². The molecule has 0 aliphatic rings. The highest BCUT2D eigenvalue weighted by Gasteiger charge is 2.27. The van der Waals surface area contributed by atoms with Gasteiger partial charge in [0.2, 0.25) is 0 Å². The Kier molecular flexibility index (Phi) is 32.3. The van der Waals surface area contributed by atoms with E-state index in [1.165, 1.54) is 135 Å². The molecule has 0 spiro atoms. The van der Waals surface area contributed by atoms with Gasteiger partial charge >= 0.3 is 7.82 Å². The van der Waals surface area contributed by atoms with Gasteiger partial charge in [-0.2, -0.15) is 0 Å². The highest BCUT2D eigenvalue weighted by atomic mass is 31.2. The lowest BCUT2D eigenvalue weighted by atomic mass is 9.91. The van der Waals surface area contributed by atoms with Gasteiger partial charge in [-0.15, -0.1) is 0 Å². The molecule has 0 fully saturated rings. The number of phosphoric ester groups is 1. The Balaban J connectivity index is 4.15. The molecule has 0 saturated carbocycles. The zero-order valence-corrected chi connectivity index (χ0v) is 35.7. The van der Waals surface area contributed by atoms with Crippen molar-refractivity contribution in [2.24, 2.45) is 23.7 Å². The number of allylic oxidation sites excluding steroid dienone is 2. The molecule has 0 amide bonds. The summed E-state index contributed by atoms with van der Waals surface area (Å²) in [5.41, 5.74) is 0. The van der Waals surface area contributed by atoms with E-state index in [-0.39, 0.29) is 0 Å². The minimum Gasteiger partial charge on any atom is -0.329 e. The molecule has 0 aromatic rings. The zero-order valence-electron chi connectivity index (χ0n) is 34.8. The summed E-state index contributed by atoms with van der Waals surface area (Å²) in [7, 11) is 2.79. The van der Waals surface area contributed by atoms with Crippen molar-refractivity contribution in [3.63, 3.8) is 0 Å². The number of hydrogen-bond donors (Lipinski definition) is 0. The fourth-order valence-corrected chi connectivity index (χ4v) is 7.58. The van der Waals surface area contributed by atoms with E-state index >= 15 is 0 Å². The van der Waals surface area contributed by atoms with E-state index in [9.17, 15) is 4.57 Å². The van der Waals surface area contributed by atoms with Crippen LogP contribution in [0.4, 0.5) is 0 Å². The van der Waals surface area contributed by atoms with Crippen LogP contribution in [0.3, 0.4) is 0 Å². The van der Waals surface area contributed by atoms with E-state index < -0.39 is 7.82 Å². The molecule has 5 nitrogen and oxygen atoms in total. The molecule has 294 valence electrons. The van der Waals surface area contributed by atoms with Crippen molar-refractivity contribution in [1.29, 1.82) is 0 Å². The first-order valence-electron chi connectivity index (χ1n) is 21.4. The second-order valence-electron chi connectivity index (χ2n) is 17.2. The van der Waals surface area contributed by atoms with Gasteiger partial charge in [0.05, 0.1) is 34.4 Å². The Morgan fingerprint density at radius 3 is 1.39 bits per heavy atom. The van der Waals surface area contributed by atoms with Crippen molar-refractivity contribution in [2.45, 2.75) is 196 Å². The van der Waals surface area contributed by atoms with Crippen molar-refractivity contribution in [3.05, 3.63) is 12.2 Å².